The van der Waals surface area contributed by atoms with Gasteiger partial charge in [-0.1, -0.05) is 155 Å². The minimum atomic E-state index is -4.74. The van der Waals surface area contributed by atoms with Gasteiger partial charge in [-0.3, -0.25) is 14.1 Å². The third-order valence-electron chi connectivity index (χ3n) is 9.09. The second kappa shape index (κ2) is 28.1. The minimum absolute atomic E-state index is 0.224. The molecule has 0 spiro atoms. The molecule has 0 aromatic rings. The van der Waals surface area contributed by atoms with Gasteiger partial charge in [0.2, 0.25) is 0 Å². The van der Waals surface area contributed by atoms with E-state index in [-0.39, 0.29) is 19.4 Å². The zero-order valence-electron chi connectivity index (χ0n) is 29.0. The predicted octanol–water partition coefficient (Wildman–Crippen LogP) is 10.4. The van der Waals surface area contributed by atoms with Crippen LogP contribution in [0.15, 0.2) is 0 Å². The molecule has 1 rings (SSSR count). The van der Waals surface area contributed by atoms with Crippen molar-refractivity contribution in [2.24, 2.45) is 11.8 Å². The summed E-state index contributed by atoms with van der Waals surface area (Å²) in [5.41, 5.74) is 0. The predicted molar refractivity (Wildman–Crippen MR) is 182 cm³/mol. The number of rotatable bonds is 33. The first-order valence-corrected chi connectivity index (χ1v) is 20.3. The second-order valence-corrected chi connectivity index (χ2v) is 14.7. The lowest BCUT2D eigenvalue weighted by atomic mass is 10.0. The van der Waals surface area contributed by atoms with Crippen LogP contribution < -0.4 is 0 Å². The van der Waals surface area contributed by atoms with Gasteiger partial charge < -0.3 is 19.3 Å². The number of esters is 2. The molecule has 1 aliphatic carbocycles. The standard InChI is InChI=1S/C36H69O8P/c1-3-5-7-9-10-11-12-13-14-15-16-19-23-27-35(37)42-30-34(31-43-45(39,40)41)44-36(38)28-24-20-17-18-22-26-33-29-32(33)25-21-8-6-4-2/h32-34H,3-31H2,1-2H3,(H2,39,40,41)/t32-,33+,34-/m1/s1. The molecule has 45 heavy (non-hydrogen) atoms. The molecule has 0 bridgehead atoms. The van der Waals surface area contributed by atoms with Crippen molar-refractivity contribution in [3.05, 3.63) is 0 Å². The molecule has 0 unspecified atom stereocenters. The van der Waals surface area contributed by atoms with Crippen LogP contribution in [0, 0.1) is 11.8 Å². The summed E-state index contributed by atoms with van der Waals surface area (Å²) >= 11 is 0. The van der Waals surface area contributed by atoms with Crippen molar-refractivity contribution in [2.45, 2.75) is 193 Å². The number of hydrogen-bond donors (Lipinski definition) is 2. The van der Waals surface area contributed by atoms with Crippen molar-refractivity contribution in [3.63, 3.8) is 0 Å². The summed E-state index contributed by atoms with van der Waals surface area (Å²) in [4.78, 5) is 42.7. The van der Waals surface area contributed by atoms with Crippen molar-refractivity contribution < 1.29 is 37.9 Å². The van der Waals surface area contributed by atoms with Crippen LogP contribution in [0.2, 0.25) is 0 Å². The SMILES string of the molecule is CCCCCCCCCCCCCCCC(=O)OC[C@H](COP(=O)(O)O)OC(=O)CCCCCCC[C@H]1C[C@H]1CCCCCC. The van der Waals surface area contributed by atoms with E-state index in [9.17, 15) is 14.2 Å². The van der Waals surface area contributed by atoms with E-state index in [0.717, 1.165) is 43.9 Å². The molecule has 266 valence electrons. The summed E-state index contributed by atoms with van der Waals surface area (Å²) in [5, 5.41) is 0. The van der Waals surface area contributed by atoms with Gasteiger partial charge in [-0.2, -0.15) is 0 Å². The Bertz CT molecular complexity index is 770. The first kappa shape index (κ1) is 42.1. The number of ether oxygens (including phenoxy) is 2. The van der Waals surface area contributed by atoms with Crippen LogP contribution in [0.3, 0.4) is 0 Å². The molecule has 0 heterocycles. The molecule has 0 amide bonds. The van der Waals surface area contributed by atoms with E-state index in [1.807, 2.05) is 0 Å². The van der Waals surface area contributed by atoms with Crippen molar-refractivity contribution >= 4 is 19.8 Å². The van der Waals surface area contributed by atoms with Crippen LogP contribution in [-0.2, 0) is 28.2 Å². The molecule has 9 heteroatoms. The first-order valence-electron chi connectivity index (χ1n) is 18.8. The first-order chi connectivity index (χ1) is 21.7. The molecule has 0 aromatic carbocycles. The van der Waals surface area contributed by atoms with Crippen LogP contribution in [0.1, 0.15) is 187 Å². The zero-order valence-corrected chi connectivity index (χ0v) is 29.9. The lowest BCUT2D eigenvalue weighted by molar-refractivity contribution is -0.161. The number of phosphoric ester groups is 1. The second-order valence-electron chi connectivity index (χ2n) is 13.5. The van der Waals surface area contributed by atoms with Gasteiger partial charge in [-0.15, -0.1) is 0 Å². The van der Waals surface area contributed by atoms with Gasteiger partial charge >= 0.3 is 19.8 Å². The average molecular weight is 661 g/mol. The molecule has 1 saturated carbocycles. The van der Waals surface area contributed by atoms with Crippen molar-refractivity contribution in [3.8, 4) is 0 Å². The minimum Gasteiger partial charge on any atom is -0.462 e. The molecule has 0 saturated heterocycles. The lowest BCUT2D eigenvalue weighted by Crippen LogP contribution is -2.29. The van der Waals surface area contributed by atoms with Gasteiger partial charge in [0.1, 0.15) is 6.61 Å². The number of carbonyl (C=O) groups excluding carboxylic acids is 2. The fraction of sp³-hybridized carbons (Fsp3) is 0.944. The summed E-state index contributed by atoms with van der Waals surface area (Å²) in [6, 6.07) is 0. The third-order valence-corrected chi connectivity index (χ3v) is 9.58. The quantitative estimate of drug-likeness (QED) is 0.0405. The van der Waals surface area contributed by atoms with Gasteiger partial charge in [0.25, 0.3) is 0 Å². The highest BCUT2D eigenvalue weighted by Crippen LogP contribution is 2.45. The van der Waals surface area contributed by atoms with Gasteiger partial charge in [-0.25, -0.2) is 4.57 Å². The van der Waals surface area contributed by atoms with E-state index in [2.05, 4.69) is 18.4 Å². The number of phosphoric acid groups is 1. The topological polar surface area (TPSA) is 119 Å². The van der Waals surface area contributed by atoms with Crippen molar-refractivity contribution in [1.82, 2.24) is 0 Å². The molecule has 1 aliphatic rings. The maximum absolute atomic E-state index is 12.4. The normalized spacial score (nSPS) is 16.9. The Kier molecular flexibility index (Phi) is 26.3. The van der Waals surface area contributed by atoms with Crippen LogP contribution in [-0.4, -0.2) is 41.0 Å². The molecule has 2 N–H and O–H groups in total. The van der Waals surface area contributed by atoms with Crippen LogP contribution in [0.4, 0.5) is 0 Å². The maximum Gasteiger partial charge on any atom is 0.469 e. The maximum atomic E-state index is 12.4. The third kappa shape index (κ3) is 27.8. The monoisotopic (exact) mass is 660 g/mol. The summed E-state index contributed by atoms with van der Waals surface area (Å²) in [7, 11) is -4.74. The molecule has 3 atom stereocenters. The van der Waals surface area contributed by atoms with E-state index < -0.39 is 32.5 Å². The Morgan fingerprint density at radius 2 is 1.00 bits per heavy atom. The molecular weight excluding hydrogens is 591 g/mol. The highest BCUT2D eigenvalue weighted by molar-refractivity contribution is 7.46. The number of unbranched alkanes of at least 4 members (excludes halogenated alkanes) is 19. The Labute approximate surface area is 275 Å². The highest BCUT2D eigenvalue weighted by Gasteiger charge is 2.35. The van der Waals surface area contributed by atoms with Gasteiger partial charge in [-0.05, 0) is 31.1 Å². The fourth-order valence-corrected chi connectivity index (χ4v) is 6.50. The van der Waals surface area contributed by atoms with Crippen molar-refractivity contribution in [1.29, 1.82) is 0 Å². The fourth-order valence-electron chi connectivity index (χ4n) is 6.14. The van der Waals surface area contributed by atoms with E-state index in [1.54, 1.807) is 0 Å². The van der Waals surface area contributed by atoms with E-state index in [4.69, 9.17) is 19.3 Å². The van der Waals surface area contributed by atoms with E-state index >= 15 is 0 Å². The van der Waals surface area contributed by atoms with Crippen LogP contribution in [0.25, 0.3) is 0 Å². The number of carbonyl (C=O) groups is 2. The van der Waals surface area contributed by atoms with E-state index in [0.29, 0.717) is 6.42 Å². The Hall–Kier alpha value is -0.950. The average Bonchev–Trinajstić information content (AvgIpc) is 3.76. The van der Waals surface area contributed by atoms with Crippen molar-refractivity contribution in [2.75, 3.05) is 13.2 Å². The summed E-state index contributed by atoms with van der Waals surface area (Å²) in [6.45, 7) is 3.70. The van der Waals surface area contributed by atoms with Gasteiger partial charge in [0.15, 0.2) is 6.10 Å². The van der Waals surface area contributed by atoms with Gasteiger partial charge in [0.05, 0.1) is 6.61 Å². The van der Waals surface area contributed by atoms with Gasteiger partial charge in [0, 0.05) is 12.8 Å². The lowest BCUT2D eigenvalue weighted by Gasteiger charge is -2.18. The summed E-state index contributed by atoms with van der Waals surface area (Å²) < 4.78 is 26.3. The molecule has 8 nitrogen and oxygen atoms in total. The molecule has 0 aliphatic heterocycles. The largest absolute Gasteiger partial charge is 0.469 e. The molecule has 0 aromatic heterocycles. The summed E-state index contributed by atoms with van der Waals surface area (Å²) in [5.74, 6) is 1.05. The molecule has 1 fully saturated rings. The Balaban J connectivity index is 2.09. The summed E-state index contributed by atoms with van der Waals surface area (Å²) in [6.07, 6.45) is 30.1. The molecular formula is C36H69O8P. The highest BCUT2D eigenvalue weighted by atomic mass is 31.2. The Morgan fingerprint density at radius 3 is 1.47 bits per heavy atom. The van der Waals surface area contributed by atoms with Crippen LogP contribution in [0.5, 0.6) is 0 Å². The molecule has 0 radical (unpaired) electrons. The zero-order chi connectivity index (χ0) is 33.0. The van der Waals surface area contributed by atoms with Crippen LogP contribution >= 0.6 is 7.82 Å². The Morgan fingerprint density at radius 1 is 0.600 bits per heavy atom. The number of hydrogen-bond acceptors (Lipinski definition) is 6. The van der Waals surface area contributed by atoms with E-state index in [1.165, 1.54) is 122 Å². The smallest absolute Gasteiger partial charge is 0.462 e.